The van der Waals surface area contributed by atoms with Gasteiger partial charge in [-0.1, -0.05) is 145 Å². The average molecular weight is 638 g/mol. The molecule has 0 saturated heterocycles. The van der Waals surface area contributed by atoms with Gasteiger partial charge < -0.3 is 5.32 Å². The minimum atomic E-state index is -0.454. The van der Waals surface area contributed by atoms with Crippen LogP contribution in [-0.4, -0.2) is 6.04 Å². The van der Waals surface area contributed by atoms with Gasteiger partial charge in [0.1, 0.15) is 0 Å². The van der Waals surface area contributed by atoms with Gasteiger partial charge in [0.25, 0.3) is 0 Å². The van der Waals surface area contributed by atoms with E-state index in [0.29, 0.717) is 6.04 Å². The van der Waals surface area contributed by atoms with Crippen LogP contribution in [0.2, 0.25) is 0 Å². The second-order valence-electron chi connectivity index (χ2n) is 13.1. The molecule has 8 rings (SSSR count). The van der Waals surface area contributed by atoms with Crippen LogP contribution in [0.3, 0.4) is 0 Å². The fourth-order valence-corrected chi connectivity index (χ4v) is 8.91. The molecule has 0 fully saturated rings. The molecule has 6 aromatic carbocycles. The van der Waals surface area contributed by atoms with Gasteiger partial charge in [-0.15, -0.1) is 6.58 Å². The van der Waals surface area contributed by atoms with E-state index in [1.165, 1.54) is 71.0 Å². The predicted molar refractivity (Wildman–Crippen MR) is 206 cm³/mol. The summed E-state index contributed by atoms with van der Waals surface area (Å²) in [5, 5.41) is 3.71. The Morgan fingerprint density at radius 3 is 2.12 bits per heavy atom. The molecule has 6 aromatic rings. The molecule has 1 heterocycles. The van der Waals surface area contributed by atoms with E-state index < -0.39 is 5.41 Å². The van der Waals surface area contributed by atoms with Gasteiger partial charge in [-0.05, 0) is 105 Å². The van der Waals surface area contributed by atoms with E-state index in [1.807, 2.05) is 17.8 Å². The van der Waals surface area contributed by atoms with E-state index >= 15 is 0 Å². The van der Waals surface area contributed by atoms with Gasteiger partial charge in [0.2, 0.25) is 0 Å². The Morgan fingerprint density at radius 1 is 0.729 bits per heavy atom. The summed E-state index contributed by atoms with van der Waals surface area (Å²) in [5.74, 6) is 0. The summed E-state index contributed by atoms with van der Waals surface area (Å²) in [7, 11) is 0. The minimum Gasteiger partial charge on any atom is -0.382 e. The average Bonchev–Trinajstić information content (AvgIpc) is 3.70. The van der Waals surface area contributed by atoms with Crippen LogP contribution in [0.15, 0.2) is 168 Å². The fraction of sp³-hybridized carbons (Fsp3) is 0.130. The van der Waals surface area contributed by atoms with Gasteiger partial charge in [-0.2, -0.15) is 0 Å². The first-order valence-corrected chi connectivity index (χ1v) is 17.7. The molecule has 1 N–H and O–H groups in total. The molecule has 234 valence electrons. The Kier molecular flexibility index (Phi) is 7.90. The zero-order chi connectivity index (χ0) is 32.7. The maximum absolute atomic E-state index is 3.95. The molecule has 0 aromatic heterocycles. The van der Waals surface area contributed by atoms with Gasteiger partial charge in [0.05, 0.1) is 5.41 Å². The first-order valence-electron chi connectivity index (χ1n) is 16.9. The first kappa shape index (κ1) is 30.3. The number of anilines is 1. The van der Waals surface area contributed by atoms with Crippen molar-refractivity contribution in [3.8, 4) is 22.3 Å². The Morgan fingerprint density at radius 2 is 1.38 bits per heavy atom. The highest BCUT2D eigenvalue weighted by atomic mass is 32.2. The number of hydrogen-bond donors (Lipinski definition) is 1. The Bertz CT molecular complexity index is 2130. The van der Waals surface area contributed by atoms with Crippen LogP contribution in [0, 0.1) is 0 Å². The highest BCUT2D eigenvalue weighted by Gasteiger charge is 2.46. The number of fused-ring (bicyclic) bond motifs is 4. The van der Waals surface area contributed by atoms with E-state index in [4.69, 9.17) is 0 Å². The highest BCUT2D eigenvalue weighted by molar-refractivity contribution is 8.03. The molecule has 2 unspecified atom stereocenters. The molecular formula is C46H39NS. The second kappa shape index (κ2) is 12.5. The third-order valence-electron chi connectivity index (χ3n) is 10.1. The normalized spacial score (nSPS) is 17.6. The van der Waals surface area contributed by atoms with Gasteiger partial charge in [-0.3, -0.25) is 0 Å². The first-order chi connectivity index (χ1) is 23.6. The monoisotopic (exact) mass is 637 g/mol. The molecule has 2 aliphatic rings. The standard InChI is InChI=1S/C46H39NS/c1-4-12-31(2)47-39-27-28-43-41(30-39)40-16-9-10-17-42(40)46(43,38-25-21-35(22-26-38)34-13-6-5-7-14-34)37-23-19-33(20-24-37)32(3)45-29-36-15-8-11-18-44(36)48-45/h4-11,13-28,30-31,47H,1,12,29H2,2-3H3/b45-32-. The zero-order valence-electron chi connectivity index (χ0n) is 27.5. The van der Waals surface area contributed by atoms with Crippen LogP contribution < -0.4 is 5.32 Å². The highest BCUT2D eigenvalue weighted by Crippen LogP contribution is 2.57. The number of rotatable bonds is 8. The van der Waals surface area contributed by atoms with Crippen molar-refractivity contribution in [3.63, 3.8) is 0 Å². The van der Waals surface area contributed by atoms with E-state index in [0.717, 1.165) is 18.5 Å². The molecule has 0 saturated carbocycles. The number of thioether (sulfide) groups is 1. The number of hydrogen-bond acceptors (Lipinski definition) is 2. The van der Waals surface area contributed by atoms with E-state index in [-0.39, 0.29) is 0 Å². The van der Waals surface area contributed by atoms with E-state index in [9.17, 15) is 0 Å². The molecule has 1 aliphatic heterocycles. The summed E-state index contributed by atoms with van der Waals surface area (Å²) in [6, 6.07) is 54.4. The molecule has 2 atom stereocenters. The van der Waals surface area contributed by atoms with Crippen molar-refractivity contribution in [2.24, 2.45) is 0 Å². The Labute approximate surface area is 289 Å². The molecule has 0 spiro atoms. The summed E-state index contributed by atoms with van der Waals surface area (Å²) < 4.78 is 0. The van der Waals surface area contributed by atoms with Crippen LogP contribution in [-0.2, 0) is 11.8 Å². The van der Waals surface area contributed by atoms with Crippen molar-refractivity contribution in [1.29, 1.82) is 0 Å². The lowest BCUT2D eigenvalue weighted by Crippen LogP contribution is -2.28. The number of benzene rings is 6. The lowest BCUT2D eigenvalue weighted by molar-refractivity contribution is 0.768. The molecular weight excluding hydrogens is 599 g/mol. The lowest BCUT2D eigenvalue weighted by atomic mass is 9.67. The zero-order valence-corrected chi connectivity index (χ0v) is 28.4. The molecule has 1 nitrogen and oxygen atoms in total. The number of nitrogens with one attached hydrogen (secondary N) is 1. The molecule has 0 radical (unpaired) electrons. The third-order valence-corrected chi connectivity index (χ3v) is 11.4. The van der Waals surface area contributed by atoms with Crippen molar-refractivity contribution in [1.82, 2.24) is 0 Å². The van der Waals surface area contributed by atoms with Crippen LogP contribution in [0.25, 0.3) is 27.8 Å². The van der Waals surface area contributed by atoms with Crippen molar-refractivity contribution in [2.75, 3.05) is 5.32 Å². The van der Waals surface area contributed by atoms with E-state index in [1.54, 1.807) is 0 Å². The topological polar surface area (TPSA) is 12.0 Å². The fourth-order valence-electron chi connectivity index (χ4n) is 7.73. The third kappa shape index (κ3) is 5.12. The smallest absolute Gasteiger partial charge is 0.0713 e. The quantitative estimate of drug-likeness (QED) is 0.166. The maximum Gasteiger partial charge on any atom is 0.0713 e. The second-order valence-corrected chi connectivity index (χ2v) is 14.2. The molecule has 1 aliphatic carbocycles. The van der Waals surface area contributed by atoms with E-state index in [2.05, 4.69) is 171 Å². The van der Waals surface area contributed by atoms with Gasteiger partial charge in [-0.25, -0.2) is 0 Å². The molecule has 2 heteroatoms. The summed E-state index contributed by atoms with van der Waals surface area (Å²) in [4.78, 5) is 2.82. The predicted octanol–water partition coefficient (Wildman–Crippen LogP) is 12.2. The summed E-state index contributed by atoms with van der Waals surface area (Å²) >= 11 is 1.92. The van der Waals surface area contributed by atoms with Crippen molar-refractivity contribution < 1.29 is 0 Å². The largest absolute Gasteiger partial charge is 0.382 e. The number of allylic oxidation sites excluding steroid dienone is 2. The maximum atomic E-state index is 3.95. The van der Waals surface area contributed by atoms with Crippen LogP contribution in [0.4, 0.5) is 5.69 Å². The lowest BCUT2D eigenvalue weighted by Gasteiger charge is -2.34. The molecule has 0 amide bonds. The van der Waals surface area contributed by atoms with Crippen LogP contribution in [0.5, 0.6) is 0 Å². The minimum absolute atomic E-state index is 0.309. The summed E-state index contributed by atoms with van der Waals surface area (Å²) in [6.45, 7) is 8.44. The summed E-state index contributed by atoms with van der Waals surface area (Å²) in [6.07, 6.45) is 3.91. The van der Waals surface area contributed by atoms with Crippen LogP contribution in [0.1, 0.15) is 53.6 Å². The van der Waals surface area contributed by atoms with Crippen LogP contribution >= 0.6 is 11.8 Å². The van der Waals surface area contributed by atoms with Crippen molar-refractivity contribution >= 4 is 23.0 Å². The van der Waals surface area contributed by atoms with Crippen molar-refractivity contribution in [3.05, 3.63) is 197 Å². The Hall–Kier alpha value is -5.05. The Balaban J connectivity index is 1.28. The van der Waals surface area contributed by atoms with Gasteiger partial charge in [0.15, 0.2) is 0 Å². The SMILES string of the molecule is C=CCC(C)Nc1ccc2c(c1)-c1ccccc1C2(c1ccc(/C(C)=C2/Cc3ccccc3S2)cc1)c1ccc(-c2ccccc2)cc1. The molecule has 48 heavy (non-hydrogen) atoms. The molecule has 0 bridgehead atoms. The van der Waals surface area contributed by atoms with Gasteiger partial charge in [0, 0.05) is 23.0 Å². The van der Waals surface area contributed by atoms with Crippen molar-refractivity contribution in [2.45, 2.75) is 43.0 Å². The summed E-state index contributed by atoms with van der Waals surface area (Å²) in [5.41, 5.74) is 15.0. The van der Waals surface area contributed by atoms with Gasteiger partial charge >= 0.3 is 0 Å².